The molecule has 130 valence electrons. The standard InChI is InChI=1S/C17H20N6O2/c1-10(2)14-20-16(25-21-14)13-5-4-6-23(13)17(24)11-7-12-15(18-8-11)22(3)9-19-12/h7-10,13H,4-6H2,1-3H3/t13-/m0/s1. The molecular formula is C17H20N6O2. The molecule has 1 amide bonds. The van der Waals surface area contributed by atoms with Gasteiger partial charge in [0.2, 0.25) is 5.89 Å². The van der Waals surface area contributed by atoms with Gasteiger partial charge in [-0.15, -0.1) is 0 Å². The molecule has 0 aliphatic carbocycles. The third-order valence-corrected chi connectivity index (χ3v) is 4.57. The lowest BCUT2D eigenvalue weighted by Gasteiger charge is -2.21. The Bertz CT molecular complexity index is 928. The number of aromatic nitrogens is 5. The van der Waals surface area contributed by atoms with Crippen LogP contribution >= 0.6 is 0 Å². The molecule has 25 heavy (non-hydrogen) atoms. The second-order valence-corrected chi connectivity index (χ2v) is 6.72. The molecular weight excluding hydrogens is 320 g/mol. The van der Waals surface area contributed by atoms with Crippen molar-refractivity contribution in [3.63, 3.8) is 0 Å². The maximum absolute atomic E-state index is 13.0. The van der Waals surface area contributed by atoms with Crippen LogP contribution in [-0.4, -0.2) is 42.0 Å². The Morgan fingerprint density at radius 2 is 2.20 bits per heavy atom. The zero-order valence-corrected chi connectivity index (χ0v) is 14.5. The Balaban J connectivity index is 1.62. The molecule has 3 aromatic heterocycles. The van der Waals surface area contributed by atoms with E-state index in [9.17, 15) is 4.79 Å². The van der Waals surface area contributed by atoms with E-state index in [0.717, 1.165) is 18.5 Å². The summed E-state index contributed by atoms with van der Waals surface area (Å²) in [5, 5.41) is 4.02. The van der Waals surface area contributed by atoms with Crippen LogP contribution in [0.2, 0.25) is 0 Å². The Hall–Kier alpha value is -2.77. The average Bonchev–Trinajstić information content (AvgIpc) is 3.33. The van der Waals surface area contributed by atoms with Gasteiger partial charge < -0.3 is 14.0 Å². The van der Waals surface area contributed by atoms with E-state index >= 15 is 0 Å². The van der Waals surface area contributed by atoms with Crippen molar-refractivity contribution in [2.24, 2.45) is 7.05 Å². The molecule has 0 unspecified atom stereocenters. The van der Waals surface area contributed by atoms with Crippen LogP contribution in [0.3, 0.4) is 0 Å². The molecule has 1 fully saturated rings. The lowest BCUT2D eigenvalue weighted by molar-refractivity contribution is 0.0710. The Morgan fingerprint density at radius 3 is 2.96 bits per heavy atom. The predicted molar refractivity (Wildman–Crippen MR) is 89.9 cm³/mol. The first-order valence-electron chi connectivity index (χ1n) is 8.46. The fourth-order valence-corrected chi connectivity index (χ4v) is 3.18. The fourth-order valence-electron chi connectivity index (χ4n) is 3.18. The van der Waals surface area contributed by atoms with E-state index in [-0.39, 0.29) is 17.9 Å². The van der Waals surface area contributed by atoms with Crippen molar-refractivity contribution in [2.75, 3.05) is 6.54 Å². The van der Waals surface area contributed by atoms with Crippen molar-refractivity contribution in [1.82, 2.24) is 29.6 Å². The van der Waals surface area contributed by atoms with E-state index in [1.54, 1.807) is 23.5 Å². The number of fused-ring (bicyclic) bond motifs is 1. The highest BCUT2D eigenvalue weighted by atomic mass is 16.5. The van der Waals surface area contributed by atoms with Gasteiger partial charge in [0.05, 0.1) is 11.9 Å². The van der Waals surface area contributed by atoms with Crippen LogP contribution in [-0.2, 0) is 7.05 Å². The van der Waals surface area contributed by atoms with Crippen molar-refractivity contribution in [2.45, 2.75) is 38.6 Å². The number of amides is 1. The van der Waals surface area contributed by atoms with Gasteiger partial charge in [0.25, 0.3) is 5.91 Å². The highest BCUT2D eigenvalue weighted by Crippen LogP contribution is 2.32. The number of imidazole rings is 1. The van der Waals surface area contributed by atoms with Crippen LogP contribution in [0.1, 0.15) is 60.7 Å². The molecule has 1 atom stereocenters. The smallest absolute Gasteiger partial charge is 0.256 e. The van der Waals surface area contributed by atoms with E-state index in [1.807, 2.05) is 25.5 Å². The monoisotopic (exact) mass is 340 g/mol. The summed E-state index contributed by atoms with van der Waals surface area (Å²) in [6, 6.07) is 1.61. The maximum Gasteiger partial charge on any atom is 0.256 e. The molecule has 0 bridgehead atoms. The van der Waals surface area contributed by atoms with Gasteiger partial charge >= 0.3 is 0 Å². The highest BCUT2D eigenvalue weighted by Gasteiger charge is 2.35. The number of nitrogens with zero attached hydrogens (tertiary/aromatic N) is 6. The zero-order valence-electron chi connectivity index (χ0n) is 14.5. The van der Waals surface area contributed by atoms with E-state index in [0.29, 0.717) is 29.3 Å². The molecule has 4 rings (SSSR count). The van der Waals surface area contributed by atoms with Crippen LogP contribution in [0.15, 0.2) is 23.1 Å². The van der Waals surface area contributed by atoms with Gasteiger partial charge in [0, 0.05) is 25.7 Å². The Labute approximate surface area is 144 Å². The first-order valence-corrected chi connectivity index (χ1v) is 8.46. The minimum absolute atomic E-state index is 0.0770. The number of hydrogen-bond acceptors (Lipinski definition) is 6. The Morgan fingerprint density at radius 1 is 1.36 bits per heavy atom. The molecule has 1 aliphatic rings. The molecule has 0 radical (unpaired) electrons. The fraction of sp³-hybridized carbons (Fsp3) is 0.471. The molecule has 1 saturated heterocycles. The van der Waals surface area contributed by atoms with Crippen LogP contribution in [0.5, 0.6) is 0 Å². The molecule has 0 spiro atoms. The first kappa shape index (κ1) is 15.7. The summed E-state index contributed by atoms with van der Waals surface area (Å²) in [5.74, 6) is 1.30. The molecule has 0 saturated carbocycles. The van der Waals surface area contributed by atoms with Crippen LogP contribution in [0.25, 0.3) is 11.2 Å². The van der Waals surface area contributed by atoms with Crippen molar-refractivity contribution in [3.05, 3.63) is 35.9 Å². The minimum atomic E-state index is -0.174. The summed E-state index contributed by atoms with van der Waals surface area (Å²) in [4.78, 5) is 27.9. The van der Waals surface area contributed by atoms with E-state index in [1.165, 1.54) is 0 Å². The number of hydrogen-bond donors (Lipinski definition) is 0. The molecule has 3 aromatic rings. The van der Waals surface area contributed by atoms with Crippen molar-refractivity contribution in [3.8, 4) is 0 Å². The molecule has 1 aliphatic heterocycles. The van der Waals surface area contributed by atoms with Gasteiger partial charge in [-0.3, -0.25) is 4.79 Å². The van der Waals surface area contributed by atoms with Crippen LogP contribution in [0, 0.1) is 0 Å². The molecule has 0 N–H and O–H groups in total. The second-order valence-electron chi connectivity index (χ2n) is 6.72. The number of carbonyl (C=O) groups is 1. The normalized spacial score (nSPS) is 17.8. The quantitative estimate of drug-likeness (QED) is 0.727. The van der Waals surface area contributed by atoms with Crippen molar-refractivity contribution in [1.29, 1.82) is 0 Å². The van der Waals surface area contributed by atoms with Gasteiger partial charge in [0.15, 0.2) is 11.5 Å². The molecule has 8 heteroatoms. The van der Waals surface area contributed by atoms with Gasteiger partial charge in [-0.05, 0) is 18.9 Å². The van der Waals surface area contributed by atoms with E-state index < -0.39 is 0 Å². The second kappa shape index (κ2) is 5.94. The summed E-state index contributed by atoms with van der Waals surface area (Å²) < 4.78 is 7.24. The molecule has 4 heterocycles. The summed E-state index contributed by atoms with van der Waals surface area (Å²) in [5.41, 5.74) is 2.00. The number of aryl methyl sites for hydroxylation is 1. The van der Waals surface area contributed by atoms with Gasteiger partial charge in [0.1, 0.15) is 11.6 Å². The summed E-state index contributed by atoms with van der Waals surface area (Å²) in [6.07, 6.45) is 5.03. The summed E-state index contributed by atoms with van der Waals surface area (Å²) in [6.45, 7) is 4.70. The zero-order chi connectivity index (χ0) is 17.6. The topological polar surface area (TPSA) is 89.9 Å². The van der Waals surface area contributed by atoms with Crippen LogP contribution in [0.4, 0.5) is 0 Å². The SMILES string of the molecule is CC(C)c1noc([C@@H]2CCCN2C(=O)c2cnc3c(c2)ncn3C)n1. The third kappa shape index (κ3) is 2.67. The van der Waals surface area contributed by atoms with Gasteiger partial charge in [-0.25, -0.2) is 9.97 Å². The molecule has 8 nitrogen and oxygen atoms in total. The van der Waals surface area contributed by atoms with Crippen molar-refractivity contribution < 1.29 is 9.32 Å². The van der Waals surface area contributed by atoms with Crippen LogP contribution < -0.4 is 0 Å². The molecule has 0 aromatic carbocycles. The number of pyridine rings is 1. The van der Waals surface area contributed by atoms with E-state index in [4.69, 9.17) is 4.52 Å². The van der Waals surface area contributed by atoms with Gasteiger partial charge in [-0.2, -0.15) is 4.98 Å². The van der Waals surface area contributed by atoms with Crippen molar-refractivity contribution >= 4 is 17.1 Å². The lowest BCUT2D eigenvalue weighted by atomic mass is 10.2. The average molecular weight is 340 g/mol. The number of likely N-dealkylation sites (tertiary alicyclic amines) is 1. The third-order valence-electron chi connectivity index (χ3n) is 4.57. The summed E-state index contributed by atoms with van der Waals surface area (Å²) in [7, 11) is 1.88. The van der Waals surface area contributed by atoms with Gasteiger partial charge in [-0.1, -0.05) is 19.0 Å². The summed E-state index contributed by atoms with van der Waals surface area (Å²) >= 11 is 0. The highest BCUT2D eigenvalue weighted by molar-refractivity contribution is 5.96. The first-order chi connectivity index (χ1) is 12.0. The number of rotatable bonds is 3. The number of carbonyl (C=O) groups excluding carboxylic acids is 1. The largest absolute Gasteiger partial charge is 0.337 e. The maximum atomic E-state index is 13.0. The minimum Gasteiger partial charge on any atom is -0.337 e. The van der Waals surface area contributed by atoms with E-state index in [2.05, 4.69) is 20.1 Å². The Kier molecular flexibility index (Phi) is 3.74. The predicted octanol–water partition coefficient (Wildman–Crippen LogP) is 2.45. The lowest BCUT2D eigenvalue weighted by Crippen LogP contribution is -2.30.